The lowest BCUT2D eigenvalue weighted by atomic mass is 10.2. The molecule has 7 nitrogen and oxygen atoms in total. The molecule has 1 atom stereocenters. The Morgan fingerprint density at radius 1 is 1.21 bits per heavy atom. The summed E-state index contributed by atoms with van der Waals surface area (Å²) in [7, 11) is 3.88. The summed E-state index contributed by atoms with van der Waals surface area (Å²) in [5.74, 6) is 3.06. The molecule has 1 unspecified atom stereocenters. The molecular weight excluding hydrogens is 304 g/mol. The van der Waals surface area contributed by atoms with Gasteiger partial charge in [0.05, 0.1) is 12.7 Å². The lowest BCUT2D eigenvalue weighted by Gasteiger charge is -2.34. The molecule has 0 radical (unpaired) electrons. The Balaban J connectivity index is 1.98. The standard InChI is InChI=1S/C17H32N6O/c1-12(2)10-23-7-8-24-14(11-23)9-18-16-19-15(13(3)4)20-17(21-16)22(5)6/h12-14H,7-11H2,1-6H3,(H,18,19,20,21). The maximum Gasteiger partial charge on any atom is 0.229 e. The largest absolute Gasteiger partial charge is 0.374 e. The van der Waals surface area contributed by atoms with Crippen molar-refractivity contribution in [3.63, 3.8) is 0 Å². The van der Waals surface area contributed by atoms with Crippen LogP contribution in [0, 0.1) is 5.92 Å². The first-order chi connectivity index (χ1) is 11.3. The summed E-state index contributed by atoms with van der Waals surface area (Å²) in [6, 6.07) is 0. The topological polar surface area (TPSA) is 66.4 Å². The molecule has 1 fully saturated rings. The van der Waals surface area contributed by atoms with Crippen LogP contribution in [0.25, 0.3) is 0 Å². The van der Waals surface area contributed by atoms with Gasteiger partial charge in [0.15, 0.2) is 0 Å². The van der Waals surface area contributed by atoms with E-state index in [9.17, 15) is 0 Å². The second kappa shape index (κ2) is 8.58. The minimum atomic E-state index is 0.166. The Bertz CT molecular complexity index is 494. The number of hydrogen-bond donors (Lipinski definition) is 1. The van der Waals surface area contributed by atoms with Gasteiger partial charge in [-0.05, 0) is 5.92 Å². The van der Waals surface area contributed by atoms with E-state index in [2.05, 4.69) is 52.9 Å². The van der Waals surface area contributed by atoms with Crippen LogP contribution in [0.1, 0.15) is 39.4 Å². The van der Waals surface area contributed by atoms with Gasteiger partial charge in [0, 0.05) is 46.2 Å². The molecule has 1 N–H and O–H groups in total. The minimum Gasteiger partial charge on any atom is -0.374 e. The first-order valence-electron chi connectivity index (χ1n) is 8.86. The second-order valence-electron chi connectivity index (χ2n) is 7.39. The van der Waals surface area contributed by atoms with Crippen molar-refractivity contribution in [2.75, 3.05) is 57.1 Å². The molecule has 7 heteroatoms. The molecule has 0 bridgehead atoms. The number of morpholine rings is 1. The smallest absolute Gasteiger partial charge is 0.229 e. The second-order valence-corrected chi connectivity index (χ2v) is 7.39. The van der Waals surface area contributed by atoms with Crippen LogP contribution in [0.3, 0.4) is 0 Å². The van der Waals surface area contributed by atoms with E-state index in [4.69, 9.17) is 4.74 Å². The van der Waals surface area contributed by atoms with E-state index in [1.807, 2.05) is 19.0 Å². The lowest BCUT2D eigenvalue weighted by molar-refractivity contribution is -0.0244. The molecule has 0 aromatic carbocycles. The summed E-state index contributed by atoms with van der Waals surface area (Å²) in [6.07, 6.45) is 0.166. The van der Waals surface area contributed by atoms with Gasteiger partial charge in [-0.25, -0.2) is 0 Å². The molecule has 0 saturated carbocycles. The summed E-state index contributed by atoms with van der Waals surface area (Å²) in [4.78, 5) is 17.9. The molecule has 0 aliphatic carbocycles. The average Bonchev–Trinajstić information content (AvgIpc) is 2.52. The summed E-state index contributed by atoms with van der Waals surface area (Å²) in [5, 5.41) is 3.34. The molecule has 0 amide bonds. The highest BCUT2D eigenvalue weighted by atomic mass is 16.5. The van der Waals surface area contributed by atoms with E-state index in [0.29, 0.717) is 24.4 Å². The Hall–Kier alpha value is -1.47. The van der Waals surface area contributed by atoms with Crippen molar-refractivity contribution < 1.29 is 4.74 Å². The van der Waals surface area contributed by atoms with Crippen LogP contribution in [-0.2, 0) is 4.74 Å². The molecule has 1 aromatic rings. The van der Waals surface area contributed by atoms with Gasteiger partial charge in [0.25, 0.3) is 0 Å². The van der Waals surface area contributed by atoms with Crippen LogP contribution in [0.5, 0.6) is 0 Å². The third kappa shape index (κ3) is 5.56. The summed E-state index contributed by atoms with van der Waals surface area (Å²) in [5.41, 5.74) is 0. The van der Waals surface area contributed by atoms with Crippen molar-refractivity contribution in [1.29, 1.82) is 0 Å². The molecule has 1 saturated heterocycles. The van der Waals surface area contributed by atoms with Crippen LogP contribution in [0.15, 0.2) is 0 Å². The fourth-order valence-electron chi connectivity index (χ4n) is 2.71. The molecule has 1 aromatic heterocycles. The maximum atomic E-state index is 5.88. The molecule has 0 spiro atoms. The molecular formula is C17H32N6O. The first-order valence-corrected chi connectivity index (χ1v) is 8.86. The van der Waals surface area contributed by atoms with Gasteiger partial charge < -0.3 is 15.0 Å². The summed E-state index contributed by atoms with van der Waals surface area (Å²) in [6.45, 7) is 13.3. The molecule has 1 aliphatic rings. The van der Waals surface area contributed by atoms with Crippen molar-refractivity contribution in [1.82, 2.24) is 19.9 Å². The Labute approximate surface area is 145 Å². The third-order valence-electron chi connectivity index (χ3n) is 3.89. The van der Waals surface area contributed by atoms with Crippen LogP contribution >= 0.6 is 0 Å². The molecule has 2 rings (SSSR count). The molecule has 2 heterocycles. The Morgan fingerprint density at radius 3 is 2.58 bits per heavy atom. The Morgan fingerprint density at radius 2 is 1.96 bits per heavy atom. The molecule has 24 heavy (non-hydrogen) atoms. The van der Waals surface area contributed by atoms with Crippen molar-refractivity contribution in [2.45, 2.75) is 39.7 Å². The van der Waals surface area contributed by atoms with Gasteiger partial charge in [-0.15, -0.1) is 0 Å². The van der Waals surface area contributed by atoms with E-state index < -0.39 is 0 Å². The van der Waals surface area contributed by atoms with Gasteiger partial charge in [-0.1, -0.05) is 27.7 Å². The van der Waals surface area contributed by atoms with E-state index in [1.165, 1.54) is 0 Å². The highest BCUT2D eigenvalue weighted by Gasteiger charge is 2.21. The maximum absolute atomic E-state index is 5.88. The monoisotopic (exact) mass is 336 g/mol. The summed E-state index contributed by atoms with van der Waals surface area (Å²) < 4.78 is 5.88. The van der Waals surface area contributed by atoms with Crippen molar-refractivity contribution >= 4 is 11.9 Å². The molecule has 1 aliphatic heterocycles. The number of anilines is 2. The van der Waals surface area contributed by atoms with Gasteiger partial charge in [0.2, 0.25) is 11.9 Å². The highest BCUT2D eigenvalue weighted by Crippen LogP contribution is 2.15. The van der Waals surface area contributed by atoms with Gasteiger partial charge in [-0.2, -0.15) is 15.0 Å². The predicted octanol–water partition coefficient (Wildman–Crippen LogP) is 1.83. The third-order valence-corrected chi connectivity index (χ3v) is 3.89. The number of nitrogens with zero attached hydrogens (tertiary/aromatic N) is 5. The van der Waals surface area contributed by atoms with Crippen molar-refractivity contribution in [2.24, 2.45) is 5.92 Å². The minimum absolute atomic E-state index is 0.166. The van der Waals surface area contributed by atoms with Crippen molar-refractivity contribution in [3.8, 4) is 0 Å². The highest BCUT2D eigenvalue weighted by molar-refractivity contribution is 5.36. The number of nitrogens with one attached hydrogen (secondary N) is 1. The van der Waals surface area contributed by atoms with E-state index in [0.717, 1.165) is 32.1 Å². The van der Waals surface area contributed by atoms with Gasteiger partial charge in [0.1, 0.15) is 5.82 Å². The van der Waals surface area contributed by atoms with Crippen LogP contribution in [0.2, 0.25) is 0 Å². The zero-order chi connectivity index (χ0) is 17.7. The van der Waals surface area contributed by atoms with Crippen LogP contribution < -0.4 is 10.2 Å². The quantitative estimate of drug-likeness (QED) is 0.815. The van der Waals surface area contributed by atoms with E-state index >= 15 is 0 Å². The Kier molecular flexibility index (Phi) is 6.74. The number of aromatic nitrogens is 3. The van der Waals surface area contributed by atoms with Gasteiger partial charge >= 0.3 is 0 Å². The van der Waals surface area contributed by atoms with E-state index in [-0.39, 0.29) is 12.0 Å². The lowest BCUT2D eigenvalue weighted by Crippen LogP contribution is -2.46. The number of ether oxygens (including phenoxy) is 1. The fraction of sp³-hybridized carbons (Fsp3) is 0.824. The average molecular weight is 336 g/mol. The van der Waals surface area contributed by atoms with Crippen LogP contribution in [0.4, 0.5) is 11.9 Å². The molecule has 136 valence electrons. The number of rotatable bonds is 7. The van der Waals surface area contributed by atoms with Crippen molar-refractivity contribution in [3.05, 3.63) is 5.82 Å². The summed E-state index contributed by atoms with van der Waals surface area (Å²) >= 11 is 0. The SMILES string of the molecule is CC(C)CN1CCOC(CNc2nc(C(C)C)nc(N(C)C)n2)C1. The zero-order valence-corrected chi connectivity index (χ0v) is 15.9. The fourth-order valence-corrected chi connectivity index (χ4v) is 2.71. The van der Waals surface area contributed by atoms with Gasteiger partial charge in [-0.3, -0.25) is 4.90 Å². The predicted molar refractivity (Wildman–Crippen MR) is 97.8 cm³/mol. The zero-order valence-electron chi connectivity index (χ0n) is 15.9. The first kappa shape index (κ1) is 18.9. The van der Waals surface area contributed by atoms with E-state index in [1.54, 1.807) is 0 Å². The number of hydrogen-bond acceptors (Lipinski definition) is 7. The van der Waals surface area contributed by atoms with Crippen LogP contribution in [-0.4, -0.2) is 72.8 Å². The normalized spacial score (nSPS) is 19.1.